The first-order valence-corrected chi connectivity index (χ1v) is 5.21. The highest BCUT2D eigenvalue weighted by atomic mass is 16.5. The van der Waals surface area contributed by atoms with Crippen molar-refractivity contribution in [2.75, 3.05) is 6.61 Å². The summed E-state index contributed by atoms with van der Waals surface area (Å²) in [4.78, 5) is 24.5. The lowest BCUT2D eigenvalue weighted by molar-refractivity contribution is 0.151. The number of carbonyl (C=O) groups excluding carboxylic acids is 1. The minimum absolute atomic E-state index is 0.323. The molecule has 6 nitrogen and oxygen atoms in total. The predicted molar refractivity (Wildman–Crippen MR) is 60.7 cm³/mol. The fraction of sp³-hybridized carbons (Fsp3) is 0.273. The van der Waals surface area contributed by atoms with E-state index in [1.165, 1.54) is 0 Å². The number of carbonyl (C=O) groups is 1. The number of amides is 1. The van der Waals surface area contributed by atoms with Crippen LogP contribution in [0, 0.1) is 0 Å². The van der Waals surface area contributed by atoms with E-state index in [1.807, 2.05) is 0 Å². The molecule has 0 bridgehead atoms. The van der Waals surface area contributed by atoms with E-state index in [0.717, 1.165) is 5.56 Å². The van der Waals surface area contributed by atoms with Gasteiger partial charge >= 0.3 is 11.8 Å². The van der Waals surface area contributed by atoms with E-state index in [0.29, 0.717) is 24.3 Å². The van der Waals surface area contributed by atoms with Gasteiger partial charge in [-0.05, 0) is 24.6 Å². The van der Waals surface area contributed by atoms with Gasteiger partial charge in [-0.2, -0.15) is 0 Å². The van der Waals surface area contributed by atoms with Crippen molar-refractivity contribution in [1.82, 2.24) is 10.3 Å². The van der Waals surface area contributed by atoms with Crippen LogP contribution in [0.25, 0.3) is 11.1 Å². The number of fused-ring (bicyclic) bond motifs is 1. The molecule has 0 aliphatic carbocycles. The number of hydrogen-bond donors (Lipinski definition) is 2. The number of ether oxygens (including phenoxy) is 1. The smallest absolute Gasteiger partial charge is 0.417 e. The highest BCUT2D eigenvalue weighted by Gasteiger charge is 2.04. The Labute approximate surface area is 96.6 Å². The van der Waals surface area contributed by atoms with Crippen molar-refractivity contribution in [1.29, 1.82) is 0 Å². The van der Waals surface area contributed by atoms with E-state index in [-0.39, 0.29) is 0 Å². The van der Waals surface area contributed by atoms with Gasteiger partial charge < -0.3 is 14.5 Å². The third-order valence-corrected chi connectivity index (χ3v) is 2.20. The zero-order valence-electron chi connectivity index (χ0n) is 9.28. The van der Waals surface area contributed by atoms with Crippen LogP contribution in [0.2, 0.25) is 0 Å². The number of hydrogen-bond acceptors (Lipinski definition) is 4. The molecule has 0 aliphatic heterocycles. The minimum atomic E-state index is -0.490. The molecule has 0 saturated carbocycles. The Morgan fingerprint density at radius 3 is 3.12 bits per heavy atom. The standard InChI is InChI=1S/C11H12N2O4/c1-2-16-10(14)12-6-7-3-4-8-9(5-7)17-11(15)13-8/h3-5H,2,6H2,1H3,(H,12,14)(H,13,15). The molecule has 6 heteroatoms. The van der Waals surface area contributed by atoms with Crippen LogP contribution in [0.1, 0.15) is 12.5 Å². The first-order chi connectivity index (χ1) is 8.19. The molecule has 0 unspecified atom stereocenters. The Bertz CT molecular complexity index is 584. The summed E-state index contributed by atoms with van der Waals surface area (Å²) in [6.07, 6.45) is -0.469. The van der Waals surface area contributed by atoms with Crippen molar-refractivity contribution in [3.8, 4) is 0 Å². The number of aromatic amines is 1. The summed E-state index contributed by atoms with van der Waals surface area (Å²) in [6, 6.07) is 5.21. The van der Waals surface area contributed by atoms with E-state index in [2.05, 4.69) is 10.3 Å². The fourth-order valence-electron chi connectivity index (χ4n) is 1.46. The van der Waals surface area contributed by atoms with E-state index >= 15 is 0 Å². The quantitative estimate of drug-likeness (QED) is 0.842. The number of oxazole rings is 1. The Morgan fingerprint density at radius 1 is 1.53 bits per heavy atom. The molecule has 0 atom stereocenters. The lowest BCUT2D eigenvalue weighted by atomic mass is 10.2. The lowest BCUT2D eigenvalue weighted by Crippen LogP contribution is -2.23. The lowest BCUT2D eigenvalue weighted by Gasteiger charge is -2.04. The van der Waals surface area contributed by atoms with Gasteiger partial charge in [-0.3, -0.25) is 4.98 Å². The summed E-state index contributed by atoms with van der Waals surface area (Å²) in [5.74, 6) is -0.490. The average molecular weight is 236 g/mol. The number of alkyl carbamates (subject to hydrolysis) is 1. The normalized spacial score (nSPS) is 10.4. The second-order valence-electron chi connectivity index (χ2n) is 3.42. The molecule has 2 aromatic rings. The van der Waals surface area contributed by atoms with Gasteiger partial charge in [0.05, 0.1) is 12.1 Å². The van der Waals surface area contributed by atoms with Crippen molar-refractivity contribution < 1.29 is 13.9 Å². The van der Waals surface area contributed by atoms with Gasteiger partial charge in [0.2, 0.25) is 0 Å². The molecular weight excluding hydrogens is 224 g/mol. The molecule has 90 valence electrons. The molecular formula is C11H12N2O4. The van der Waals surface area contributed by atoms with E-state index in [9.17, 15) is 9.59 Å². The van der Waals surface area contributed by atoms with Crippen LogP contribution < -0.4 is 11.1 Å². The maximum atomic E-state index is 11.1. The van der Waals surface area contributed by atoms with Gasteiger partial charge in [0.25, 0.3) is 0 Å². The molecule has 17 heavy (non-hydrogen) atoms. The highest BCUT2D eigenvalue weighted by molar-refractivity contribution is 5.73. The number of benzene rings is 1. The Hall–Kier alpha value is -2.24. The van der Waals surface area contributed by atoms with Crippen LogP contribution in [0.3, 0.4) is 0 Å². The maximum Gasteiger partial charge on any atom is 0.417 e. The number of rotatable bonds is 3. The summed E-state index contributed by atoms with van der Waals surface area (Å²) in [5, 5.41) is 2.58. The first-order valence-electron chi connectivity index (χ1n) is 5.21. The number of nitrogens with one attached hydrogen (secondary N) is 2. The summed E-state index contributed by atoms with van der Waals surface area (Å²) < 4.78 is 9.63. The molecule has 0 fully saturated rings. The van der Waals surface area contributed by atoms with Crippen molar-refractivity contribution >= 4 is 17.2 Å². The SMILES string of the molecule is CCOC(=O)NCc1ccc2[nH]c(=O)oc2c1. The molecule has 1 aromatic carbocycles. The Morgan fingerprint density at radius 2 is 2.35 bits per heavy atom. The Kier molecular flexibility index (Phi) is 3.13. The largest absolute Gasteiger partial charge is 0.450 e. The van der Waals surface area contributed by atoms with Crippen LogP contribution in [-0.2, 0) is 11.3 Å². The van der Waals surface area contributed by atoms with Gasteiger partial charge in [-0.1, -0.05) is 6.07 Å². The van der Waals surface area contributed by atoms with Crippen LogP contribution in [0.5, 0.6) is 0 Å². The van der Waals surface area contributed by atoms with E-state index in [1.54, 1.807) is 25.1 Å². The van der Waals surface area contributed by atoms with Crippen molar-refractivity contribution in [3.63, 3.8) is 0 Å². The summed E-state index contributed by atoms with van der Waals surface area (Å²) in [5.41, 5.74) is 1.93. The van der Waals surface area contributed by atoms with Crippen LogP contribution in [0.15, 0.2) is 27.4 Å². The molecule has 0 aliphatic rings. The third kappa shape index (κ3) is 2.66. The highest BCUT2D eigenvalue weighted by Crippen LogP contribution is 2.12. The molecule has 0 saturated heterocycles. The summed E-state index contributed by atoms with van der Waals surface area (Å²) in [6.45, 7) is 2.39. The third-order valence-electron chi connectivity index (χ3n) is 2.20. The number of aromatic nitrogens is 1. The second kappa shape index (κ2) is 4.73. The molecule has 0 spiro atoms. The van der Waals surface area contributed by atoms with Crippen molar-refractivity contribution in [2.24, 2.45) is 0 Å². The first kappa shape index (κ1) is 11.3. The second-order valence-corrected chi connectivity index (χ2v) is 3.42. The van der Waals surface area contributed by atoms with Gasteiger partial charge in [0, 0.05) is 6.54 Å². The van der Waals surface area contributed by atoms with E-state index in [4.69, 9.17) is 9.15 Å². The summed E-state index contributed by atoms with van der Waals surface area (Å²) >= 11 is 0. The molecule has 0 radical (unpaired) electrons. The van der Waals surface area contributed by atoms with Crippen LogP contribution in [-0.4, -0.2) is 17.7 Å². The molecule has 1 amide bonds. The fourth-order valence-corrected chi connectivity index (χ4v) is 1.46. The van der Waals surface area contributed by atoms with Crippen LogP contribution in [0.4, 0.5) is 4.79 Å². The zero-order valence-corrected chi connectivity index (χ0v) is 9.28. The minimum Gasteiger partial charge on any atom is -0.450 e. The Balaban J connectivity index is 2.08. The topological polar surface area (TPSA) is 84.3 Å². The van der Waals surface area contributed by atoms with Crippen molar-refractivity contribution in [2.45, 2.75) is 13.5 Å². The van der Waals surface area contributed by atoms with Gasteiger partial charge in [-0.15, -0.1) is 0 Å². The number of H-pyrrole nitrogens is 1. The molecule has 2 rings (SSSR count). The molecule has 1 heterocycles. The molecule has 2 N–H and O–H groups in total. The van der Waals surface area contributed by atoms with Crippen molar-refractivity contribution in [3.05, 3.63) is 34.3 Å². The van der Waals surface area contributed by atoms with Crippen LogP contribution >= 0.6 is 0 Å². The maximum absolute atomic E-state index is 11.1. The van der Waals surface area contributed by atoms with Gasteiger partial charge in [0.1, 0.15) is 0 Å². The zero-order chi connectivity index (χ0) is 12.3. The average Bonchev–Trinajstić information content (AvgIpc) is 2.66. The van der Waals surface area contributed by atoms with E-state index < -0.39 is 11.8 Å². The monoisotopic (exact) mass is 236 g/mol. The summed E-state index contributed by atoms with van der Waals surface area (Å²) in [7, 11) is 0. The van der Waals surface area contributed by atoms with Gasteiger partial charge in [0.15, 0.2) is 5.58 Å². The predicted octanol–water partition coefficient (Wildman–Crippen LogP) is 1.37. The van der Waals surface area contributed by atoms with Gasteiger partial charge in [-0.25, -0.2) is 9.59 Å². The molecule has 1 aromatic heterocycles.